The Morgan fingerprint density at radius 2 is 1.83 bits per heavy atom. The van der Waals surface area contributed by atoms with E-state index in [1.807, 2.05) is 6.08 Å². The molecule has 0 aromatic carbocycles. The van der Waals surface area contributed by atoms with Gasteiger partial charge in [0.05, 0.1) is 0 Å². The van der Waals surface area contributed by atoms with Crippen molar-refractivity contribution in [1.82, 2.24) is 5.32 Å². The van der Waals surface area contributed by atoms with Crippen molar-refractivity contribution in [3.63, 3.8) is 0 Å². The minimum absolute atomic E-state index is 0.261. The zero-order chi connectivity index (χ0) is 20.6. The number of ether oxygens (including phenoxy) is 1. The number of rotatable bonds is 3. The summed E-state index contributed by atoms with van der Waals surface area (Å²) in [5, 5.41) is 3.91. The SMILES string of the molecule is CC(=O)OC1CC[C@@]2(C)C(=CC[C@@H]3[C@H]2CC[C@]2(C)C(NC4CC4)CC[C@@H]32)C1(F)F. The van der Waals surface area contributed by atoms with E-state index in [0.29, 0.717) is 35.6 Å². The second kappa shape index (κ2) is 6.51. The fourth-order valence-electron chi connectivity index (χ4n) is 7.86. The minimum atomic E-state index is -3.05. The Morgan fingerprint density at radius 3 is 2.52 bits per heavy atom. The second-order valence-electron chi connectivity index (χ2n) is 11.0. The summed E-state index contributed by atoms with van der Waals surface area (Å²) in [6.07, 6.45) is 9.54. The summed E-state index contributed by atoms with van der Waals surface area (Å²) in [5.41, 5.74) is 0.105. The van der Waals surface area contributed by atoms with Crippen molar-refractivity contribution in [3.8, 4) is 0 Å². The van der Waals surface area contributed by atoms with E-state index < -0.39 is 23.4 Å². The second-order valence-corrected chi connectivity index (χ2v) is 11.0. The molecule has 0 spiro atoms. The van der Waals surface area contributed by atoms with E-state index in [4.69, 9.17) is 4.74 Å². The predicted octanol–water partition coefficient (Wildman–Crippen LogP) is 5.25. The number of hydrogen-bond acceptors (Lipinski definition) is 3. The monoisotopic (exact) mass is 407 g/mol. The molecule has 0 saturated heterocycles. The Labute approximate surface area is 173 Å². The molecule has 7 atom stereocenters. The number of carbonyl (C=O) groups excluding carboxylic acids is 1. The van der Waals surface area contributed by atoms with Crippen molar-refractivity contribution in [1.29, 1.82) is 0 Å². The molecule has 3 nitrogen and oxygen atoms in total. The molecule has 1 N–H and O–H groups in total. The maximum atomic E-state index is 15.4. The van der Waals surface area contributed by atoms with Crippen molar-refractivity contribution < 1.29 is 18.3 Å². The van der Waals surface area contributed by atoms with Gasteiger partial charge in [-0.3, -0.25) is 4.79 Å². The third-order valence-corrected chi connectivity index (χ3v) is 9.48. The molecule has 5 rings (SSSR count). The Morgan fingerprint density at radius 1 is 1.07 bits per heavy atom. The topological polar surface area (TPSA) is 38.3 Å². The highest BCUT2D eigenvalue weighted by Crippen LogP contribution is 2.66. The number of nitrogens with one attached hydrogen (secondary N) is 1. The van der Waals surface area contributed by atoms with Gasteiger partial charge in [0.25, 0.3) is 0 Å². The van der Waals surface area contributed by atoms with Crippen LogP contribution < -0.4 is 5.32 Å². The van der Waals surface area contributed by atoms with Gasteiger partial charge in [0.15, 0.2) is 6.10 Å². The fraction of sp³-hybridized carbons (Fsp3) is 0.875. The van der Waals surface area contributed by atoms with Gasteiger partial charge >= 0.3 is 11.9 Å². The molecule has 0 radical (unpaired) electrons. The Bertz CT molecular complexity index is 732. The summed E-state index contributed by atoms with van der Waals surface area (Å²) in [7, 11) is 0. The maximum Gasteiger partial charge on any atom is 0.305 e. The van der Waals surface area contributed by atoms with Crippen LogP contribution in [0.1, 0.15) is 78.6 Å². The van der Waals surface area contributed by atoms with Gasteiger partial charge in [-0.1, -0.05) is 19.9 Å². The first-order chi connectivity index (χ1) is 13.7. The van der Waals surface area contributed by atoms with Crippen molar-refractivity contribution in [3.05, 3.63) is 11.6 Å². The minimum Gasteiger partial charge on any atom is -0.456 e. The van der Waals surface area contributed by atoms with Crippen molar-refractivity contribution in [2.75, 3.05) is 0 Å². The predicted molar refractivity (Wildman–Crippen MR) is 108 cm³/mol. The van der Waals surface area contributed by atoms with Gasteiger partial charge in [0, 0.05) is 24.6 Å². The van der Waals surface area contributed by atoms with Gasteiger partial charge in [-0.15, -0.1) is 0 Å². The molecule has 0 heterocycles. The number of halogens is 2. The normalized spacial score (nSPS) is 48.2. The zero-order valence-electron chi connectivity index (χ0n) is 18.0. The zero-order valence-corrected chi connectivity index (χ0v) is 18.0. The number of fused-ring (bicyclic) bond motifs is 5. The molecule has 5 heteroatoms. The maximum absolute atomic E-state index is 15.4. The van der Waals surface area contributed by atoms with Crippen LogP contribution in [0.5, 0.6) is 0 Å². The average molecular weight is 408 g/mol. The molecule has 5 aliphatic rings. The van der Waals surface area contributed by atoms with E-state index in [-0.39, 0.29) is 12.0 Å². The van der Waals surface area contributed by atoms with Gasteiger partial charge in [-0.2, -0.15) is 8.78 Å². The number of esters is 1. The van der Waals surface area contributed by atoms with Crippen LogP contribution in [0, 0.1) is 28.6 Å². The number of alkyl halides is 2. The van der Waals surface area contributed by atoms with Gasteiger partial charge in [-0.05, 0) is 86.4 Å². The van der Waals surface area contributed by atoms with Crippen molar-refractivity contribution >= 4 is 5.97 Å². The van der Waals surface area contributed by atoms with Gasteiger partial charge in [0.1, 0.15) is 0 Å². The van der Waals surface area contributed by atoms with Crippen LogP contribution >= 0.6 is 0 Å². The molecule has 4 saturated carbocycles. The molecule has 5 aliphatic carbocycles. The third-order valence-electron chi connectivity index (χ3n) is 9.48. The molecule has 162 valence electrons. The quantitative estimate of drug-likeness (QED) is 0.513. The highest BCUT2D eigenvalue weighted by atomic mass is 19.3. The lowest BCUT2D eigenvalue weighted by atomic mass is 9.47. The van der Waals surface area contributed by atoms with Gasteiger partial charge < -0.3 is 10.1 Å². The van der Waals surface area contributed by atoms with E-state index in [2.05, 4.69) is 19.2 Å². The molecule has 0 aromatic rings. The molecule has 0 bridgehead atoms. The number of hydrogen-bond donors (Lipinski definition) is 1. The summed E-state index contributed by atoms with van der Waals surface area (Å²) in [4.78, 5) is 11.4. The Kier molecular flexibility index (Phi) is 4.48. The summed E-state index contributed by atoms with van der Waals surface area (Å²) in [6.45, 7) is 5.77. The summed E-state index contributed by atoms with van der Waals surface area (Å²) >= 11 is 0. The Hall–Kier alpha value is -0.970. The smallest absolute Gasteiger partial charge is 0.305 e. The number of carbonyl (C=O) groups is 1. The lowest BCUT2D eigenvalue weighted by Crippen LogP contribution is -2.57. The van der Waals surface area contributed by atoms with E-state index in [1.54, 1.807) is 0 Å². The lowest BCUT2D eigenvalue weighted by molar-refractivity contribution is -0.180. The first-order valence-corrected chi connectivity index (χ1v) is 11.7. The van der Waals surface area contributed by atoms with Crippen LogP contribution in [-0.2, 0) is 9.53 Å². The molecule has 2 unspecified atom stereocenters. The van der Waals surface area contributed by atoms with Crippen LogP contribution in [0.25, 0.3) is 0 Å². The molecular weight excluding hydrogens is 372 g/mol. The Balaban J connectivity index is 1.42. The van der Waals surface area contributed by atoms with Crippen molar-refractivity contribution in [2.24, 2.45) is 28.6 Å². The molecule has 0 aliphatic heterocycles. The van der Waals surface area contributed by atoms with E-state index >= 15 is 8.78 Å². The first-order valence-electron chi connectivity index (χ1n) is 11.7. The van der Waals surface area contributed by atoms with E-state index in [1.165, 1.54) is 32.6 Å². The van der Waals surface area contributed by atoms with Crippen LogP contribution in [0.2, 0.25) is 0 Å². The fourth-order valence-corrected chi connectivity index (χ4v) is 7.86. The largest absolute Gasteiger partial charge is 0.456 e. The summed E-state index contributed by atoms with van der Waals surface area (Å²) in [6, 6.07) is 1.32. The molecule has 4 fully saturated rings. The highest BCUT2D eigenvalue weighted by molar-refractivity contribution is 5.66. The van der Waals surface area contributed by atoms with E-state index in [0.717, 1.165) is 25.3 Å². The van der Waals surface area contributed by atoms with E-state index in [9.17, 15) is 4.79 Å². The van der Waals surface area contributed by atoms with Crippen LogP contribution in [0.15, 0.2) is 11.6 Å². The molecule has 0 aromatic heterocycles. The molecular formula is C24H35F2NO2. The average Bonchev–Trinajstić information content (AvgIpc) is 3.39. The van der Waals surface area contributed by atoms with Gasteiger partial charge in [0.2, 0.25) is 0 Å². The van der Waals surface area contributed by atoms with Crippen LogP contribution in [-0.4, -0.2) is 30.1 Å². The van der Waals surface area contributed by atoms with Crippen LogP contribution in [0.3, 0.4) is 0 Å². The summed E-state index contributed by atoms with van der Waals surface area (Å²) in [5.74, 6) is -2.19. The van der Waals surface area contributed by atoms with Crippen LogP contribution in [0.4, 0.5) is 8.78 Å². The summed E-state index contributed by atoms with van der Waals surface area (Å²) < 4.78 is 35.8. The highest BCUT2D eigenvalue weighted by Gasteiger charge is 2.64. The van der Waals surface area contributed by atoms with Crippen molar-refractivity contribution in [2.45, 2.75) is 103 Å². The van der Waals surface area contributed by atoms with Gasteiger partial charge in [-0.25, -0.2) is 0 Å². The molecule has 29 heavy (non-hydrogen) atoms. The standard InChI is InChI=1S/C24H35F2NO2/c1-14(28)29-21-11-13-22(2)18-10-12-23(3)17(7-9-20(23)27-15-4-5-15)16(18)6-8-19(22)24(21,25)26/h8,15-18,20-21,27H,4-7,9-13H2,1-3H3/t16-,17-,18+,20?,21?,22+,23-/m0/s1. The number of allylic oxidation sites excluding steroid dienone is 1. The molecule has 0 amide bonds. The lowest BCUT2D eigenvalue weighted by Gasteiger charge is -2.59. The third kappa shape index (κ3) is 2.93. The first kappa shape index (κ1) is 20.0.